The van der Waals surface area contributed by atoms with Crippen LogP contribution in [0.25, 0.3) is 0 Å². The van der Waals surface area contributed by atoms with Crippen LogP contribution in [-0.2, 0) is 7.05 Å². The summed E-state index contributed by atoms with van der Waals surface area (Å²) in [6, 6.07) is 9.64. The van der Waals surface area contributed by atoms with Crippen LogP contribution in [0, 0.1) is 10.5 Å². The second-order valence-corrected chi connectivity index (χ2v) is 6.21. The minimum atomic E-state index is 0.148. The highest BCUT2D eigenvalue weighted by molar-refractivity contribution is 14.1. The number of hydrogen-bond donors (Lipinski definition) is 0. The van der Waals surface area contributed by atoms with Crippen molar-refractivity contribution in [1.82, 2.24) is 9.78 Å². The van der Waals surface area contributed by atoms with Gasteiger partial charge in [-0.15, -0.1) is 0 Å². The molecule has 0 bridgehead atoms. The van der Waals surface area contributed by atoms with Gasteiger partial charge in [-0.3, -0.25) is 9.48 Å². The number of carbonyl (C=O) groups excluding carboxylic acids is 1. The Morgan fingerprint density at radius 3 is 2.61 bits per heavy atom. The van der Waals surface area contributed by atoms with Crippen LogP contribution in [0.15, 0.2) is 35.4 Å². The highest BCUT2D eigenvalue weighted by atomic mass is 127. The third kappa shape index (κ3) is 3.35. The molecule has 0 aliphatic rings. The molecule has 5 heteroatoms. The Kier molecular flexibility index (Phi) is 4.45. The molecule has 0 fully saturated rings. The molecule has 18 heavy (non-hydrogen) atoms. The second-order valence-electron chi connectivity index (χ2n) is 3.97. The van der Waals surface area contributed by atoms with E-state index >= 15 is 0 Å². The molecule has 0 spiro atoms. The molecule has 1 heterocycles. The lowest BCUT2D eigenvalue weighted by atomic mass is 10.2. The lowest BCUT2D eigenvalue weighted by molar-refractivity contribution is 0.102. The number of Topliss-reactive ketones (excluding diaryl/α,β-unsaturated/α-hetero) is 1. The van der Waals surface area contributed by atoms with Crippen LogP contribution in [-0.4, -0.2) is 21.3 Å². The molecule has 0 aliphatic carbocycles. The van der Waals surface area contributed by atoms with Crippen molar-refractivity contribution in [1.29, 1.82) is 0 Å². The number of hydrogen-bond acceptors (Lipinski definition) is 3. The Hall–Kier alpha value is -0.820. The third-order valence-electron chi connectivity index (χ3n) is 2.48. The van der Waals surface area contributed by atoms with Gasteiger partial charge >= 0.3 is 0 Å². The van der Waals surface area contributed by atoms with Crippen LogP contribution >= 0.6 is 34.4 Å². The summed E-state index contributed by atoms with van der Waals surface area (Å²) < 4.78 is 2.94. The lowest BCUT2D eigenvalue weighted by Crippen LogP contribution is -2.03. The lowest BCUT2D eigenvalue weighted by Gasteiger charge is -2.02. The van der Waals surface area contributed by atoms with E-state index in [1.54, 1.807) is 4.68 Å². The molecule has 0 saturated heterocycles. The van der Waals surface area contributed by atoms with E-state index < -0.39 is 0 Å². The smallest absolute Gasteiger partial charge is 0.173 e. The Morgan fingerprint density at radius 2 is 2.06 bits per heavy atom. The fraction of sp³-hybridized carbons (Fsp3) is 0.231. The molecule has 0 N–H and O–H groups in total. The summed E-state index contributed by atoms with van der Waals surface area (Å²) in [6.07, 6.45) is 0. The molecule has 0 unspecified atom stereocenters. The molecule has 0 radical (unpaired) electrons. The number of ketones is 1. The molecule has 94 valence electrons. The van der Waals surface area contributed by atoms with Crippen molar-refractivity contribution in [2.24, 2.45) is 7.05 Å². The standard InChI is InChI=1S/C13H13IN2OS/c1-9-7-13(16(2)15-9)18-8-12(17)10-3-5-11(14)6-4-10/h3-7H,8H2,1-2H3. The van der Waals surface area contributed by atoms with E-state index in [0.29, 0.717) is 5.75 Å². The van der Waals surface area contributed by atoms with Crippen LogP contribution < -0.4 is 0 Å². The first-order valence-corrected chi connectivity index (χ1v) is 7.55. The number of nitrogens with zero attached hydrogens (tertiary/aromatic N) is 2. The van der Waals surface area contributed by atoms with Gasteiger partial charge in [-0.25, -0.2) is 0 Å². The average Bonchev–Trinajstić information content (AvgIpc) is 2.66. The van der Waals surface area contributed by atoms with Crippen molar-refractivity contribution >= 4 is 40.1 Å². The van der Waals surface area contributed by atoms with Crippen molar-refractivity contribution in [2.45, 2.75) is 11.9 Å². The van der Waals surface area contributed by atoms with Gasteiger partial charge in [0.2, 0.25) is 0 Å². The largest absolute Gasteiger partial charge is 0.293 e. The summed E-state index contributed by atoms with van der Waals surface area (Å²) in [5, 5.41) is 5.28. The summed E-state index contributed by atoms with van der Waals surface area (Å²) >= 11 is 3.75. The van der Waals surface area contributed by atoms with Gasteiger partial charge in [0.1, 0.15) is 0 Å². The van der Waals surface area contributed by atoms with Crippen molar-refractivity contribution in [3.63, 3.8) is 0 Å². The molecule has 2 aromatic rings. The number of aromatic nitrogens is 2. The van der Waals surface area contributed by atoms with Crippen LogP contribution in [0.5, 0.6) is 0 Å². The first-order valence-electron chi connectivity index (χ1n) is 5.48. The fourth-order valence-electron chi connectivity index (χ4n) is 1.58. The van der Waals surface area contributed by atoms with E-state index in [9.17, 15) is 4.79 Å². The summed E-state index contributed by atoms with van der Waals surface area (Å²) in [4.78, 5) is 12.0. The zero-order chi connectivity index (χ0) is 13.1. The molecule has 3 nitrogen and oxygen atoms in total. The van der Waals surface area contributed by atoms with E-state index in [1.165, 1.54) is 11.8 Å². The van der Waals surface area contributed by atoms with Gasteiger partial charge in [-0.05, 0) is 47.7 Å². The average molecular weight is 372 g/mol. The molecule has 0 amide bonds. The van der Waals surface area contributed by atoms with Crippen LogP contribution in [0.4, 0.5) is 0 Å². The van der Waals surface area contributed by atoms with Gasteiger partial charge < -0.3 is 0 Å². The first kappa shape index (κ1) is 13.6. The van der Waals surface area contributed by atoms with Crippen molar-refractivity contribution in [2.75, 3.05) is 5.75 Å². The van der Waals surface area contributed by atoms with Crippen LogP contribution in [0.2, 0.25) is 0 Å². The maximum Gasteiger partial charge on any atom is 0.173 e. The van der Waals surface area contributed by atoms with Gasteiger partial charge in [-0.1, -0.05) is 23.9 Å². The number of rotatable bonds is 4. The predicted octanol–water partition coefficient (Wildman–Crippen LogP) is 3.31. The summed E-state index contributed by atoms with van der Waals surface area (Å²) in [6.45, 7) is 1.95. The number of halogens is 1. The van der Waals surface area contributed by atoms with Gasteiger partial charge in [0.05, 0.1) is 16.5 Å². The zero-order valence-electron chi connectivity index (χ0n) is 10.2. The number of carbonyl (C=O) groups is 1. The van der Waals surface area contributed by atoms with Crippen LogP contribution in [0.1, 0.15) is 16.1 Å². The highest BCUT2D eigenvalue weighted by Gasteiger charge is 2.09. The topological polar surface area (TPSA) is 34.9 Å². The molecular formula is C13H13IN2OS. The normalized spacial score (nSPS) is 10.6. The Bertz CT molecular complexity index is 563. The summed E-state index contributed by atoms with van der Waals surface area (Å²) in [5.41, 5.74) is 1.74. The minimum absolute atomic E-state index is 0.148. The van der Waals surface area contributed by atoms with Gasteiger partial charge in [-0.2, -0.15) is 5.10 Å². The summed E-state index contributed by atoms with van der Waals surface area (Å²) in [5.74, 6) is 0.592. The predicted molar refractivity (Wildman–Crippen MR) is 82.2 cm³/mol. The Balaban J connectivity index is 2.00. The van der Waals surface area contributed by atoms with Crippen molar-refractivity contribution in [3.8, 4) is 0 Å². The van der Waals surface area contributed by atoms with Gasteiger partial charge in [0, 0.05) is 16.2 Å². The molecular weight excluding hydrogens is 359 g/mol. The number of aryl methyl sites for hydroxylation is 2. The molecule has 1 aromatic carbocycles. The van der Waals surface area contributed by atoms with E-state index in [4.69, 9.17) is 0 Å². The molecule has 1 aromatic heterocycles. The summed E-state index contributed by atoms with van der Waals surface area (Å²) in [7, 11) is 1.89. The quantitative estimate of drug-likeness (QED) is 0.469. The monoisotopic (exact) mass is 372 g/mol. The third-order valence-corrected chi connectivity index (χ3v) is 4.28. The van der Waals surface area contributed by atoms with E-state index in [1.807, 2.05) is 44.3 Å². The SMILES string of the molecule is Cc1cc(SCC(=O)c2ccc(I)cc2)n(C)n1. The van der Waals surface area contributed by atoms with Gasteiger partial charge in [0.15, 0.2) is 5.78 Å². The number of benzene rings is 1. The fourth-order valence-corrected chi connectivity index (χ4v) is 2.87. The van der Waals surface area contributed by atoms with Gasteiger partial charge in [0.25, 0.3) is 0 Å². The maximum absolute atomic E-state index is 12.0. The molecule has 0 aliphatic heterocycles. The van der Waals surface area contributed by atoms with E-state index in [2.05, 4.69) is 27.7 Å². The van der Waals surface area contributed by atoms with Crippen molar-refractivity contribution < 1.29 is 4.79 Å². The highest BCUT2D eigenvalue weighted by Crippen LogP contribution is 2.19. The minimum Gasteiger partial charge on any atom is -0.293 e. The molecule has 0 saturated carbocycles. The maximum atomic E-state index is 12.0. The zero-order valence-corrected chi connectivity index (χ0v) is 13.2. The molecule has 2 rings (SSSR count). The second kappa shape index (κ2) is 5.88. The number of thioether (sulfide) groups is 1. The van der Waals surface area contributed by atoms with Crippen molar-refractivity contribution in [3.05, 3.63) is 45.2 Å². The van der Waals surface area contributed by atoms with Crippen LogP contribution in [0.3, 0.4) is 0 Å². The van der Waals surface area contributed by atoms with E-state index in [-0.39, 0.29) is 5.78 Å². The Morgan fingerprint density at radius 1 is 1.39 bits per heavy atom. The Labute approximate surface area is 124 Å². The first-order chi connectivity index (χ1) is 8.56. The van der Waals surface area contributed by atoms with E-state index in [0.717, 1.165) is 19.9 Å². The molecule has 0 atom stereocenters.